The summed E-state index contributed by atoms with van der Waals surface area (Å²) in [5.74, 6) is 2.28. The van der Waals surface area contributed by atoms with Gasteiger partial charge >= 0.3 is 0 Å². The van der Waals surface area contributed by atoms with Crippen LogP contribution < -0.4 is 10.6 Å². The number of amides is 3. The van der Waals surface area contributed by atoms with Gasteiger partial charge in [0.05, 0.1) is 18.9 Å². The zero-order valence-corrected chi connectivity index (χ0v) is 27.9. The molecule has 0 spiro atoms. The van der Waals surface area contributed by atoms with Gasteiger partial charge in [0.15, 0.2) is 0 Å². The van der Waals surface area contributed by atoms with Crippen LogP contribution in [0.2, 0.25) is 0 Å². The van der Waals surface area contributed by atoms with E-state index in [1.165, 1.54) is 16.7 Å². The molecule has 248 valence electrons. The standard InChI is InChI=1S/C33H50N6O5S/c1-17(5-8-25(42)37-27-30(44)39-28(18(2)15-45-31(27)39)29(43)35-16-36-38-34)21-6-7-22-26-23(10-12-33(21,22)4)32(3)11-9-20(40)13-19(32)14-24(26)41/h17,19-24,26-27,31,40-41H,5-16H2,1-4H3,(H,35,43)(H,37,42)/t17-,19+,20-,21-,22+,23?,24?,26+,27?,31?,32+,33-/m1/s1. The van der Waals surface area contributed by atoms with E-state index in [1.807, 2.05) is 0 Å². The van der Waals surface area contributed by atoms with Gasteiger partial charge in [-0.25, -0.2) is 0 Å². The molecule has 6 rings (SSSR count). The van der Waals surface area contributed by atoms with E-state index in [4.69, 9.17) is 5.53 Å². The van der Waals surface area contributed by atoms with Gasteiger partial charge in [0, 0.05) is 17.1 Å². The quantitative estimate of drug-likeness (QED) is 0.132. The van der Waals surface area contributed by atoms with E-state index in [-0.39, 0.29) is 52.6 Å². The van der Waals surface area contributed by atoms with Crippen LogP contribution in [0.1, 0.15) is 91.9 Å². The summed E-state index contributed by atoms with van der Waals surface area (Å²) >= 11 is 1.53. The molecule has 11 nitrogen and oxygen atoms in total. The molecule has 12 atom stereocenters. The van der Waals surface area contributed by atoms with E-state index in [0.717, 1.165) is 63.4 Å². The largest absolute Gasteiger partial charge is 0.393 e. The SMILES string of the molecule is CC1=C(C(=O)NCN=[N+]=[N-])N2C(=O)C(NC(=O)CC[C@@H](C)[C@H]3CC[C@H]4[C@@H]5C(O)C[C@@H]6C[C@H](O)CC[C@]6(C)C5CC[C@]34C)C2SC1. The van der Waals surface area contributed by atoms with Gasteiger partial charge in [-0.1, -0.05) is 25.9 Å². The third kappa shape index (κ3) is 5.47. The molecule has 4 aliphatic carbocycles. The van der Waals surface area contributed by atoms with E-state index in [9.17, 15) is 24.6 Å². The number of aliphatic hydroxyl groups is 2. The van der Waals surface area contributed by atoms with Gasteiger partial charge in [0.2, 0.25) is 5.91 Å². The highest BCUT2D eigenvalue weighted by Gasteiger charge is 2.63. The average molecular weight is 643 g/mol. The summed E-state index contributed by atoms with van der Waals surface area (Å²) in [6, 6.07) is -0.659. The van der Waals surface area contributed by atoms with Crippen LogP contribution in [-0.4, -0.2) is 68.9 Å². The lowest BCUT2D eigenvalue weighted by Crippen LogP contribution is -2.70. The number of hydrogen-bond donors (Lipinski definition) is 4. The van der Waals surface area contributed by atoms with Crippen molar-refractivity contribution in [3.63, 3.8) is 0 Å². The number of aliphatic hydroxyl groups excluding tert-OH is 2. The maximum Gasteiger partial charge on any atom is 0.268 e. The fraction of sp³-hybridized carbons (Fsp3) is 0.848. The Morgan fingerprint density at radius 3 is 2.62 bits per heavy atom. The fourth-order valence-electron chi connectivity index (χ4n) is 11.0. The first-order valence-corrected chi connectivity index (χ1v) is 18.0. The molecule has 0 aromatic heterocycles. The summed E-state index contributed by atoms with van der Waals surface area (Å²) in [7, 11) is 0. The molecule has 2 aliphatic heterocycles. The molecule has 3 amide bonds. The Labute approximate surface area is 270 Å². The molecule has 0 bridgehead atoms. The van der Waals surface area contributed by atoms with Crippen molar-refractivity contribution in [1.82, 2.24) is 15.5 Å². The monoisotopic (exact) mass is 642 g/mol. The Bertz CT molecular complexity index is 1300. The number of carbonyl (C=O) groups is 3. The van der Waals surface area contributed by atoms with Gasteiger partial charge in [0.1, 0.15) is 17.1 Å². The zero-order valence-electron chi connectivity index (χ0n) is 27.1. The molecule has 1 saturated heterocycles. The third-order valence-electron chi connectivity index (χ3n) is 13.3. The predicted molar refractivity (Wildman–Crippen MR) is 171 cm³/mol. The topological polar surface area (TPSA) is 168 Å². The minimum atomic E-state index is -0.659. The molecule has 0 aromatic rings. The number of rotatable bonds is 8. The highest BCUT2D eigenvalue weighted by atomic mass is 32.2. The minimum absolute atomic E-state index is 0.134. The minimum Gasteiger partial charge on any atom is -0.393 e. The van der Waals surface area contributed by atoms with Crippen LogP contribution in [0.25, 0.3) is 10.4 Å². The number of azide groups is 1. The predicted octanol–water partition coefficient (Wildman–Crippen LogP) is 4.45. The lowest BCUT2D eigenvalue weighted by molar-refractivity contribution is -0.174. The van der Waals surface area contributed by atoms with Crippen molar-refractivity contribution in [3.05, 3.63) is 21.7 Å². The molecule has 12 heteroatoms. The van der Waals surface area contributed by atoms with Crippen molar-refractivity contribution in [2.24, 2.45) is 51.5 Å². The van der Waals surface area contributed by atoms with Crippen LogP contribution in [0, 0.1) is 46.3 Å². The van der Waals surface area contributed by atoms with Gasteiger partial charge in [-0.3, -0.25) is 19.3 Å². The van der Waals surface area contributed by atoms with Crippen molar-refractivity contribution in [3.8, 4) is 0 Å². The zero-order chi connectivity index (χ0) is 32.3. The van der Waals surface area contributed by atoms with Crippen molar-refractivity contribution in [1.29, 1.82) is 0 Å². The Morgan fingerprint density at radius 2 is 1.87 bits per heavy atom. The van der Waals surface area contributed by atoms with Gasteiger partial charge in [0.25, 0.3) is 11.8 Å². The molecular formula is C33H50N6O5S. The second-order valence-corrected chi connectivity index (χ2v) is 16.6. The number of fused-ring (bicyclic) bond motifs is 6. The molecule has 6 aliphatic rings. The molecular weight excluding hydrogens is 592 g/mol. The van der Waals surface area contributed by atoms with E-state index in [1.54, 1.807) is 6.92 Å². The van der Waals surface area contributed by atoms with Crippen LogP contribution in [0.15, 0.2) is 16.4 Å². The van der Waals surface area contributed by atoms with E-state index >= 15 is 0 Å². The maximum absolute atomic E-state index is 13.1. The van der Waals surface area contributed by atoms with E-state index in [2.05, 4.69) is 41.4 Å². The van der Waals surface area contributed by atoms with E-state index < -0.39 is 11.9 Å². The highest BCUT2D eigenvalue weighted by Crippen LogP contribution is 2.68. The summed E-state index contributed by atoms with van der Waals surface area (Å²) < 4.78 is 0. The molecule has 2 heterocycles. The highest BCUT2D eigenvalue weighted by molar-refractivity contribution is 8.00. The van der Waals surface area contributed by atoms with Crippen molar-refractivity contribution in [2.75, 3.05) is 12.4 Å². The van der Waals surface area contributed by atoms with Gasteiger partial charge < -0.3 is 20.8 Å². The summed E-state index contributed by atoms with van der Waals surface area (Å²) in [6.07, 6.45) is 8.74. The molecule has 4 N–H and O–H groups in total. The van der Waals surface area contributed by atoms with Crippen LogP contribution in [0.3, 0.4) is 0 Å². The lowest BCUT2D eigenvalue weighted by atomic mass is 9.43. The van der Waals surface area contributed by atoms with E-state index in [0.29, 0.717) is 47.7 Å². The van der Waals surface area contributed by atoms with Gasteiger partial charge in [-0.05, 0) is 122 Å². The summed E-state index contributed by atoms with van der Waals surface area (Å²) in [5.41, 5.74) is 9.90. The van der Waals surface area contributed by atoms with Gasteiger partial charge in [-0.15, -0.1) is 11.8 Å². The number of thioether (sulfide) groups is 1. The molecule has 5 fully saturated rings. The Morgan fingerprint density at radius 1 is 1.13 bits per heavy atom. The first-order valence-electron chi connectivity index (χ1n) is 17.0. The van der Waals surface area contributed by atoms with Crippen molar-refractivity contribution >= 4 is 29.5 Å². The van der Waals surface area contributed by atoms with Crippen LogP contribution in [0.5, 0.6) is 0 Å². The molecule has 45 heavy (non-hydrogen) atoms. The van der Waals surface area contributed by atoms with Crippen molar-refractivity contribution in [2.45, 2.75) is 116 Å². The van der Waals surface area contributed by atoms with Gasteiger partial charge in [-0.2, -0.15) is 0 Å². The maximum atomic E-state index is 13.1. The first-order chi connectivity index (χ1) is 21.4. The number of nitrogens with one attached hydrogen (secondary N) is 2. The summed E-state index contributed by atoms with van der Waals surface area (Å²) in [5, 5.41) is 30.4. The first kappa shape index (κ1) is 32.7. The van der Waals surface area contributed by atoms with Crippen LogP contribution in [0.4, 0.5) is 0 Å². The number of nitrogens with zero attached hydrogens (tertiary/aromatic N) is 4. The fourth-order valence-corrected chi connectivity index (χ4v) is 12.3. The summed E-state index contributed by atoms with van der Waals surface area (Å²) in [6.45, 7) is 8.78. The lowest BCUT2D eigenvalue weighted by Gasteiger charge is -2.62. The second-order valence-electron chi connectivity index (χ2n) is 15.4. The number of hydrogen-bond acceptors (Lipinski definition) is 7. The number of β-lactam (4-membered cyclic amide) rings is 1. The molecule has 4 saturated carbocycles. The molecule has 0 radical (unpaired) electrons. The smallest absolute Gasteiger partial charge is 0.268 e. The van der Waals surface area contributed by atoms with Crippen molar-refractivity contribution < 1.29 is 24.6 Å². The normalized spacial score (nSPS) is 42.7. The Balaban J connectivity index is 1.04. The average Bonchev–Trinajstić information content (AvgIpc) is 3.36. The Hall–Kier alpha value is -2.27. The summed E-state index contributed by atoms with van der Waals surface area (Å²) in [4.78, 5) is 43.0. The molecule has 4 unspecified atom stereocenters. The number of carbonyl (C=O) groups excluding carboxylic acids is 3. The van der Waals surface area contributed by atoms with Crippen LogP contribution in [-0.2, 0) is 14.4 Å². The van der Waals surface area contributed by atoms with Crippen LogP contribution >= 0.6 is 11.8 Å². The third-order valence-corrected chi connectivity index (χ3v) is 14.7. The molecule has 0 aromatic carbocycles. The second kappa shape index (κ2) is 12.4. The Kier molecular flexibility index (Phi) is 9.00.